The van der Waals surface area contributed by atoms with E-state index in [9.17, 15) is 18.6 Å². The molecule has 2 rings (SSSR count). The van der Waals surface area contributed by atoms with Crippen molar-refractivity contribution >= 4 is 9.84 Å². The Balaban J connectivity index is 2.71. The van der Waals surface area contributed by atoms with Gasteiger partial charge in [-0.25, -0.2) is 8.42 Å². The van der Waals surface area contributed by atoms with Gasteiger partial charge in [0.15, 0.2) is 0 Å². The third-order valence-electron chi connectivity index (χ3n) is 2.80. The van der Waals surface area contributed by atoms with Gasteiger partial charge in [0.05, 0.1) is 4.90 Å². The van der Waals surface area contributed by atoms with Crippen LogP contribution in [0.3, 0.4) is 0 Å². The van der Waals surface area contributed by atoms with Crippen LogP contribution in [0.1, 0.15) is 11.1 Å². The van der Waals surface area contributed by atoms with Gasteiger partial charge in [-0.1, -0.05) is 12.1 Å². The van der Waals surface area contributed by atoms with Gasteiger partial charge < -0.3 is 10.2 Å². The van der Waals surface area contributed by atoms with Crippen LogP contribution in [0.2, 0.25) is 0 Å². The summed E-state index contributed by atoms with van der Waals surface area (Å²) in [6.07, 6.45) is 0. The molecule has 5 heteroatoms. The van der Waals surface area contributed by atoms with Crippen molar-refractivity contribution in [1.29, 1.82) is 0 Å². The van der Waals surface area contributed by atoms with E-state index in [2.05, 4.69) is 0 Å². The van der Waals surface area contributed by atoms with E-state index in [1.165, 1.54) is 24.3 Å². The van der Waals surface area contributed by atoms with Gasteiger partial charge in [0.1, 0.15) is 16.4 Å². The number of benzene rings is 2. The summed E-state index contributed by atoms with van der Waals surface area (Å²) in [5.41, 5.74) is 1.26. The second-order valence-corrected chi connectivity index (χ2v) is 6.32. The van der Waals surface area contributed by atoms with Crippen molar-refractivity contribution in [2.75, 3.05) is 0 Å². The summed E-state index contributed by atoms with van der Waals surface area (Å²) in [7, 11) is -3.85. The number of aromatic hydroxyl groups is 2. The molecule has 4 nitrogen and oxygen atoms in total. The molecule has 0 atom stereocenters. The van der Waals surface area contributed by atoms with Crippen LogP contribution in [0.15, 0.2) is 46.2 Å². The third kappa shape index (κ3) is 2.42. The van der Waals surface area contributed by atoms with E-state index >= 15 is 0 Å². The molecule has 2 aromatic rings. The van der Waals surface area contributed by atoms with Crippen LogP contribution in [-0.2, 0) is 9.84 Å². The van der Waals surface area contributed by atoms with Gasteiger partial charge in [-0.3, -0.25) is 0 Å². The Kier molecular flexibility index (Phi) is 3.24. The van der Waals surface area contributed by atoms with Gasteiger partial charge in [0, 0.05) is 0 Å². The highest BCUT2D eigenvalue weighted by molar-refractivity contribution is 7.91. The zero-order chi connectivity index (χ0) is 14.2. The standard InChI is InChI=1S/C14H14O4S/c1-9-6-10(2)14(13(16)7-9)19(17,18)12-5-3-4-11(15)8-12/h3-8,15-16H,1-2H3. The predicted molar refractivity (Wildman–Crippen MR) is 71.1 cm³/mol. The van der Waals surface area contributed by atoms with Crippen molar-refractivity contribution in [2.45, 2.75) is 23.6 Å². The minimum Gasteiger partial charge on any atom is -0.508 e. The van der Waals surface area contributed by atoms with E-state index in [0.29, 0.717) is 5.56 Å². The SMILES string of the molecule is Cc1cc(C)c(S(=O)(=O)c2cccc(O)c2)c(O)c1. The monoisotopic (exact) mass is 278 g/mol. The summed E-state index contributed by atoms with van der Waals surface area (Å²) in [6, 6.07) is 8.48. The molecule has 0 spiro atoms. The number of hydrogen-bond acceptors (Lipinski definition) is 4. The molecule has 0 amide bonds. The predicted octanol–water partition coefficient (Wildman–Crippen LogP) is 2.55. The minimum atomic E-state index is -3.85. The summed E-state index contributed by atoms with van der Waals surface area (Å²) in [4.78, 5) is -0.168. The van der Waals surface area contributed by atoms with Crippen LogP contribution in [0.4, 0.5) is 0 Å². The van der Waals surface area contributed by atoms with E-state index in [0.717, 1.165) is 11.6 Å². The Morgan fingerprint density at radius 1 is 1.00 bits per heavy atom. The summed E-state index contributed by atoms with van der Waals surface area (Å²) in [6.45, 7) is 3.40. The van der Waals surface area contributed by atoms with Crippen molar-refractivity contribution in [1.82, 2.24) is 0 Å². The van der Waals surface area contributed by atoms with Gasteiger partial charge in [-0.15, -0.1) is 0 Å². The lowest BCUT2D eigenvalue weighted by Gasteiger charge is -2.11. The van der Waals surface area contributed by atoms with E-state index in [1.54, 1.807) is 19.9 Å². The van der Waals surface area contributed by atoms with Gasteiger partial charge in [0.25, 0.3) is 0 Å². The van der Waals surface area contributed by atoms with Gasteiger partial charge in [0.2, 0.25) is 9.84 Å². The second kappa shape index (κ2) is 4.59. The zero-order valence-corrected chi connectivity index (χ0v) is 11.4. The highest BCUT2D eigenvalue weighted by Gasteiger charge is 2.24. The zero-order valence-electron chi connectivity index (χ0n) is 10.6. The number of hydrogen-bond donors (Lipinski definition) is 2. The Bertz CT molecular complexity index is 710. The first-order chi connectivity index (χ1) is 8.82. The van der Waals surface area contributed by atoms with Crippen LogP contribution in [0.5, 0.6) is 11.5 Å². The van der Waals surface area contributed by atoms with Gasteiger partial charge >= 0.3 is 0 Å². The number of sulfone groups is 1. The van der Waals surface area contributed by atoms with Crippen molar-refractivity contribution < 1.29 is 18.6 Å². The second-order valence-electron chi connectivity index (χ2n) is 4.43. The average Bonchev–Trinajstić information content (AvgIpc) is 2.26. The Labute approximate surface area is 111 Å². The summed E-state index contributed by atoms with van der Waals surface area (Å²) in [5, 5.41) is 19.3. The molecule has 0 saturated heterocycles. The van der Waals surface area contributed by atoms with Gasteiger partial charge in [-0.2, -0.15) is 0 Å². The fourth-order valence-electron chi connectivity index (χ4n) is 2.05. The fraction of sp³-hybridized carbons (Fsp3) is 0.143. The lowest BCUT2D eigenvalue weighted by molar-refractivity contribution is 0.456. The molecule has 100 valence electrons. The molecule has 0 heterocycles. The average molecular weight is 278 g/mol. The van der Waals surface area contributed by atoms with Crippen LogP contribution in [-0.4, -0.2) is 18.6 Å². The van der Waals surface area contributed by atoms with Crippen molar-refractivity contribution in [2.24, 2.45) is 0 Å². The number of phenols is 2. The van der Waals surface area contributed by atoms with Gasteiger partial charge in [-0.05, 0) is 49.2 Å². The van der Waals surface area contributed by atoms with E-state index in [-0.39, 0.29) is 21.3 Å². The Morgan fingerprint density at radius 2 is 1.68 bits per heavy atom. The van der Waals surface area contributed by atoms with Crippen molar-refractivity contribution in [3.63, 3.8) is 0 Å². The molecule has 0 saturated carbocycles. The largest absolute Gasteiger partial charge is 0.508 e. The fourth-order valence-corrected chi connectivity index (χ4v) is 3.64. The maximum absolute atomic E-state index is 12.5. The van der Waals surface area contributed by atoms with Crippen molar-refractivity contribution in [3.05, 3.63) is 47.5 Å². The highest BCUT2D eigenvalue weighted by atomic mass is 32.2. The molecule has 0 radical (unpaired) electrons. The quantitative estimate of drug-likeness (QED) is 0.885. The number of rotatable bonds is 2. The normalized spacial score (nSPS) is 11.5. The first-order valence-corrected chi connectivity index (χ1v) is 7.15. The Hall–Kier alpha value is -2.01. The maximum Gasteiger partial charge on any atom is 0.210 e. The number of phenolic OH excluding ortho intramolecular Hbond substituents is 2. The molecular formula is C14H14O4S. The van der Waals surface area contributed by atoms with Crippen molar-refractivity contribution in [3.8, 4) is 11.5 Å². The van der Waals surface area contributed by atoms with Crippen LogP contribution >= 0.6 is 0 Å². The molecule has 0 aliphatic carbocycles. The van der Waals surface area contributed by atoms with Crippen LogP contribution < -0.4 is 0 Å². The maximum atomic E-state index is 12.5. The summed E-state index contributed by atoms with van der Waals surface area (Å²) < 4.78 is 24.9. The lowest BCUT2D eigenvalue weighted by Crippen LogP contribution is -2.05. The molecule has 0 aromatic heterocycles. The molecule has 19 heavy (non-hydrogen) atoms. The topological polar surface area (TPSA) is 74.6 Å². The van der Waals surface area contributed by atoms with E-state index < -0.39 is 9.84 Å². The van der Waals surface area contributed by atoms with Crippen LogP contribution in [0, 0.1) is 13.8 Å². The molecule has 0 aliphatic rings. The minimum absolute atomic E-state index is 0.0465. The molecule has 2 aromatic carbocycles. The molecule has 0 bridgehead atoms. The first kappa shape index (κ1) is 13.4. The smallest absolute Gasteiger partial charge is 0.210 e. The summed E-state index contributed by atoms with van der Waals surface area (Å²) >= 11 is 0. The van der Waals surface area contributed by atoms with Crippen LogP contribution in [0.25, 0.3) is 0 Å². The summed E-state index contributed by atoms with van der Waals surface area (Å²) in [5.74, 6) is -0.411. The molecular weight excluding hydrogens is 264 g/mol. The molecule has 2 N–H and O–H groups in total. The first-order valence-electron chi connectivity index (χ1n) is 5.66. The van der Waals surface area contributed by atoms with E-state index in [4.69, 9.17) is 0 Å². The molecule has 0 unspecified atom stereocenters. The lowest BCUT2D eigenvalue weighted by atomic mass is 10.1. The third-order valence-corrected chi connectivity index (χ3v) is 4.74. The molecule has 0 aliphatic heterocycles. The molecule has 0 fully saturated rings. The van der Waals surface area contributed by atoms with E-state index in [1.807, 2.05) is 0 Å². The Morgan fingerprint density at radius 3 is 2.26 bits per heavy atom. The number of aryl methyl sites for hydroxylation is 2. The highest BCUT2D eigenvalue weighted by Crippen LogP contribution is 2.33.